The molecule has 3 fully saturated rings. The number of amidine groups is 3. The summed E-state index contributed by atoms with van der Waals surface area (Å²) in [6, 6.07) is 17.8. The minimum absolute atomic E-state index is 0.0145. The number of nitrogens with one attached hydrogen (secondary N) is 2. The molecule has 11 rings (SSSR count). The molecular weight excluding hydrogens is 1870 g/mol. The fraction of sp³-hybridized carbons (Fsp3) is 0.543. The molecule has 0 aliphatic carbocycles. The van der Waals surface area contributed by atoms with Gasteiger partial charge in [-0.1, -0.05) is 57.3 Å². The first kappa shape index (κ1) is 104. The normalized spacial score (nSPS) is 26.0. The molecule has 0 radical (unpaired) electrons. The summed E-state index contributed by atoms with van der Waals surface area (Å²) >= 11 is 16.3. The van der Waals surface area contributed by atoms with E-state index in [0.717, 1.165) is 32.9 Å². The summed E-state index contributed by atoms with van der Waals surface area (Å²) < 4.78 is 257. The molecule has 4 N–H and O–H groups in total. The molecule has 6 atom stereocenters. The van der Waals surface area contributed by atoms with Gasteiger partial charge in [-0.2, -0.15) is 39.5 Å². The molecular formula is C81H99B3BrCl2F14IN8O13. The molecule has 6 aliphatic rings. The van der Waals surface area contributed by atoms with Gasteiger partial charge in [-0.25, -0.2) is 31.5 Å². The zero-order chi connectivity index (χ0) is 93.6. The zero-order valence-electron chi connectivity index (χ0n) is 72.1. The van der Waals surface area contributed by atoms with Crippen LogP contribution in [0.5, 0.6) is 0 Å². The summed E-state index contributed by atoms with van der Waals surface area (Å²) in [7, 11) is -1.78. The van der Waals surface area contributed by atoms with Gasteiger partial charge in [0.1, 0.15) is 68.6 Å². The SMILES string of the molecule is CC(C)(C)OC(=O)NC1=N[C@](C)(c2cc(B3OC(C)(C)C(C)(C)O3)ccc2F)CO[C@@]1(C)C(F)(F)F.CC(C)(C)OC(=O)NC1=N[C@](C)(c2cc(Br)ccc2F)CO[C@@]1(C)C(F)(F)F.CC1(C)OB(B2OC(C)(C)C(C)(C)O2)OC1(C)C.C[C@@]1(c2cc(/C=C(\F)c3ccc(Cl)cn3)ccc2F)CO[C@@](C)(C(F)(F)F)C(N)=N1.F/C(=C\I)c1ccc(Cl)cn1. The lowest BCUT2D eigenvalue weighted by atomic mass is 9.49. The number of amides is 2. The van der Waals surface area contributed by atoms with Gasteiger partial charge in [-0.05, 0) is 267 Å². The van der Waals surface area contributed by atoms with Crippen molar-refractivity contribution in [1.29, 1.82) is 0 Å². The topological polar surface area (TPSA) is 249 Å². The molecule has 42 heteroatoms. The van der Waals surface area contributed by atoms with Crippen LogP contribution in [0.1, 0.15) is 200 Å². The van der Waals surface area contributed by atoms with E-state index in [4.69, 9.17) is 80.5 Å². The number of carbonyl (C=O) groups is 2. The van der Waals surface area contributed by atoms with Crippen LogP contribution in [0.3, 0.4) is 0 Å². The molecule has 6 aliphatic heterocycles. The van der Waals surface area contributed by atoms with Gasteiger partial charge in [0.25, 0.3) is 0 Å². The van der Waals surface area contributed by atoms with Crippen LogP contribution in [0.4, 0.5) is 71.1 Å². The Labute approximate surface area is 738 Å². The van der Waals surface area contributed by atoms with Crippen LogP contribution >= 0.6 is 61.7 Å². The number of hydrogen-bond donors (Lipinski definition) is 3. The highest BCUT2D eigenvalue weighted by Crippen LogP contribution is 2.48. The number of carbonyl (C=O) groups excluding carboxylic acids is 2. The van der Waals surface area contributed by atoms with Crippen molar-refractivity contribution in [3.8, 4) is 0 Å². The molecule has 676 valence electrons. The Morgan fingerprint density at radius 1 is 0.480 bits per heavy atom. The maximum absolute atomic E-state index is 15.1. The first-order chi connectivity index (χ1) is 55.6. The third-order valence-electron chi connectivity index (χ3n) is 21.5. The number of hydrogen-bond acceptors (Lipinski definition) is 19. The summed E-state index contributed by atoms with van der Waals surface area (Å²) in [6.45, 7) is 37.8. The van der Waals surface area contributed by atoms with Gasteiger partial charge in [0, 0.05) is 37.6 Å². The van der Waals surface area contributed by atoms with Crippen molar-refractivity contribution in [3.63, 3.8) is 0 Å². The Morgan fingerprint density at radius 2 is 0.813 bits per heavy atom. The van der Waals surface area contributed by atoms with Gasteiger partial charge < -0.3 is 57.3 Å². The van der Waals surface area contributed by atoms with Gasteiger partial charge in [0.05, 0.1) is 74.9 Å². The van der Waals surface area contributed by atoms with Gasteiger partial charge in [-0.3, -0.25) is 35.6 Å². The van der Waals surface area contributed by atoms with E-state index in [-0.39, 0.29) is 56.2 Å². The second kappa shape index (κ2) is 36.9. The molecule has 0 unspecified atom stereocenters. The van der Waals surface area contributed by atoms with Crippen LogP contribution < -0.4 is 21.8 Å². The summed E-state index contributed by atoms with van der Waals surface area (Å²) in [5, 5.41) is 4.97. The van der Waals surface area contributed by atoms with Crippen molar-refractivity contribution >= 4 is 136 Å². The molecule has 3 aromatic carbocycles. The summed E-state index contributed by atoms with van der Waals surface area (Å²) in [4.78, 5) is 44.3. The second-order valence-corrected chi connectivity index (χ2v) is 38.0. The molecule has 0 bridgehead atoms. The van der Waals surface area contributed by atoms with Crippen molar-refractivity contribution in [2.75, 3.05) is 19.8 Å². The predicted octanol–water partition coefficient (Wildman–Crippen LogP) is 20.6. The highest BCUT2D eigenvalue weighted by Gasteiger charge is 2.66. The molecule has 2 aromatic heterocycles. The van der Waals surface area contributed by atoms with Gasteiger partial charge in [-0.15, -0.1) is 0 Å². The number of alkyl halides is 9. The smallest absolute Gasteiger partial charge is 0.444 e. The number of ether oxygens (including phenoxy) is 5. The lowest BCUT2D eigenvalue weighted by Gasteiger charge is -2.42. The number of nitrogens with two attached hydrogens (primary N) is 1. The number of halogens is 18. The van der Waals surface area contributed by atoms with Gasteiger partial charge in [0.2, 0.25) is 16.8 Å². The van der Waals surface area contributed by atoms with E-state index < -0.39 is 168 Å². The molecule has 3 saturated heterocycles. The van der Waals surface area contributed by atoms with Crippen molar-refractivity contribution in [3.05, 3.63) is 161 Å². The monoisotopic (exact) mass is 1970 g/mol. The van der Waals surface area contributed by atoms with Crippen LogP contribution in [-0.4, -0.2) is 161 Å². The summed E-state index contributed by atoms with van der Waals surface area (Å²) in [5.41, 5.74) is -11.4. The van der Waals surface area contributed by atoms with Crippen molar-refractivity contribution in [1.82, 2.24) is 20.6 Å². The molecule has 123 heavy (non-hydrogen) atoms. The summed E-state index contributed by atoms with van der Waals surface area (Å²) in [5.74, 6) is -5.62. The van der Waals surface area contributed by atoms with E-state index in [0.29, 0.717) is 25.7 Å². The first-order valence-corrected chi connectivity index (χ1v) is 40.8. The van der Waals surface area contributed by atoms with Gasteiger partial charge >= 0.3 is 51.9 Å². The van der Waals surface area contributed by atoms with Crippen molar-refractivity contribution in [2.45, 2.75) is 263 Å². The fourth-order valence-corrected chi connectivity index (χ4v) is 12.7. The van der Waals surface area contributed by atoms with Crippen LogP contribution in [-0.2, 0) is 68.2 Å². The predicted molar refractivity (Wildman–Crippen MR) is 454 cm³/mol. The summed E-state index contributed by atoms with van der Waals surface area (Å²) in [6.07, 6.45) is -13.1. The minimum atomic E-state index is -4.93. The molecule has 2 amide bonds. The standard InChI is InChI=1S/C24H33BF4N2O5.C20H17ClF5N3O.C18H21BrF4N2O3.C12H24B2O4.C7H4ClFIN/c1-19(2,3)34-18(32)30-17-23(9,24(27,28)29)33-13-22(8,31-17)15-12-14(10-11-16(15)26)25-35-20(4,5)21(6,7)36-25;1-18(10-30-19(2,17(27)29-18)20(24,25)26)13-7-11(3-5-14(13)22)8-15(23)16-6-4-12(21)9-28-16;1-15(2,3)28-14(26)24-13-17(5,18(21,22)23)27-9-16(4,25-13)11-8-10(19)6-7-12(11)20;1-9(2)10(3,4)16-13(15-9)14-17-11(5,6)12(7,8)18-14;8-5-1-2-7(11-4-5)6(9)3-10/h10-12H,13H2,1-9H3,(H,30,31,32);3-9H,10H2,1-2H3,(H2,27,29);6-8H,9H2,1-5H3,(H,24,25,26);1-8H3;1-4H/b;15-8-;;;6-3-/t22-,23+;18-,19+;16-,17+;;/m000../s1. The van der Waals surface area contributed by atoms with E-state index in [1.165, 1.54) is 104 Å². The third-order valence-corrected chi connectivity index (χ3v) is 23.0. The average molecular weight is 1970 g/mol. The molecule has 21 nitrogen and oxygen atoms in total. The first-order valence-electron chi connectivity index (χ1n) is 38.0. The maximum atomic E-state index is 15.1. The maximum Gasteiger partial charge on any atom is 0.494 e. The number of alkyl carbamates (subject to hydrolysis) is 2. The van der Waals surface area contributed by atoms with E-state index in [1.807, 2.05) is 111 Å². The largest absolute Gasteiger partial charge is 0.494 e. The number of pyridine rings is 2. The van der Waals surface area contributed by atoms with Gasteiger partial charge in [0.15, 0.2) is 5.83 Å². The average Bonchev–Trinajstić information content (AvgIpc) is 1.73. The van der Waals surface area contributed by atoms with Crippen LogP contribution in [0.25, 0.3) is 17.7 Å². The van der Waals surface area contributed by atoms with Crippen LogP contribution in [0.2, 0.25) is 10.0 Å². The van der Waals surface area contributed by atoms with E-state index >= 15 is 4.39 Å². The Hall–Kier alpha value is -6.57. The lowest BCUT2D eigenvalue weighted by Crippen LogP contribution is -2.62. The third kappa shape index (κ3) is 24.1. The number of benzene rings is 3. The van der Waals surface area contributed by atoms with E-state index in [9.17, 15) is 66.7 Å². The Bertz CT molecular complexity index is 4770. The second-order valence-electron chi connectivity index (χ2n) is 35.6. The van der Waals surface area contributed by atoms with Crippen LogP contribution in [0.15, 0.2) is 115 Å². The minimum Gasteiger partial charge on any atom is -0.444 e. The van der Waals surface area contributed by atoms with E-state index in [1.54, 1.807) is 47.6 Å². The Balaban J connectivity index is 0.000000220. The van der Waals surface area contributed by atoms with E-state index in [2.05, 4.69) is 46.2 Å². The van der Waals surface area contributed by atoms with Crippen molar-refractivity contribution in [2.24, 2.45) is 20.7 Å². The molecule has 5 aromatic rings. The molecule has 8 heterocycles. The highest BCUT2D eigenvalue weighted by molar-refractivity contribution is 14.1. The van der Waals surface area contributed by atoms with Crippen LogP contribution in [0, 0.1) is 17.5 Å². The number of nitrogens with zero attached hydrogens (tertiary/aromatic N) is 5. The van der Waals surface area contributed by atoms with Crippen molar-refractivity contribution < 1.29 is 123 Å². The zero-order valence-corrected chi connectivity index (χ0v) is 77.3. The number of aliphatic imine (C=N–C) groups is 3. The number of rotatable bonds is 8. The highest BCUT2D eigenvalue weighted by atomic mass is 127. The lowest BCUT2D eigenvalue weighted by molar-refractivity contribution is -0.250. The quantitative estimate of drug-likeness (QED) is 0.0742. The Morgan fingerprint density at radius 3 is 1.16 bits per heavy atom. The number of aromatic nitrogens is 2. The molecule has 0 saturated carbocycles. The fourth-order valence-electron chi connectivity index (χ4n) is 11.8. The Kier molecular flexibility index (Phi) is 31.0. The molecule has 0 spiro atoms.